The van der Waals surface area contributed by atoms with Crippen LogP contribution < -0.4 is 10.2 Å². The minimum absolute atomic E-state index is 0.144. The van der Waals surface area contributed by atoms with Gasteiger partial charge in [0.15, 0.2) is 0 Å². The highest BCUT2D eigenvalue weighted by Crippen LogP contribution is 2.27. The summed E-state index contributed by atoms with van der Waals surface area (Å²) in [6, 6.07) is 19.2. The minimum Gasteiger partial charge on any atom is -0.448 e. The van der Waals surface area contributed by atoms with E-state index in [1.54, 1.807) is 6.07 Å². The molecular weight excluding hydrogens is 554 g/mol. The fraction of sp³-hybridized carbons (Fsp3) is 0.310. The predicted octanol–water partition coefficient (Wildman–Crippen LogP) is 3.90. The topological polar surface area (TPSA) is 105 Å². The minimum atomic E-state index is -1.65. The maximum absolute atomic E-state index is 13.5. The molecule has 1 aromatic heterocycles. The van der Waals surface area contributed by atoms with Crippen molar-refractivity contribution < 1.29 is 28.7 Å². The van der Waals surface area contributed by atoms with Crippen LogP contribution in [0.5, 0.6) is 0 Å². The van der Waals surface area contributed by atoms with Crippen LogP contribution in [-0.4, -0.2) is 67.0 Å². The van der Waals surface area contributed by atoms with E-state index in [4.69, 9.17) is 21.1 Å². The molecule has 2 aromatic carbocycles. The maximum atomic E-state index is 13.5. The van der Waals surface area contributed by atoms with Gasteiger partial charge in [-0.1, -0.05) is 54.1 Å². The van der Waals surface area contributed by atoms with Gasteiger partial charge in [-0.25, -0.2) is 0 Å². The molecule has 2 amide bonds. The molecule has 0 unspecified atom stereocenters. The van der Waals surface area contributed by atoms with Crippen molar-refractivity contribution in [3.8, 4) is 11.1 Å². The smallest absolute Gasteiger partial charge is 0.303 e. The molecule has 1 N–H and O–H groups in total. The second-order valence-electron chi connectivity index (χ2n) is 9.21. The molecule has 0 bridgehead atoms. The summed E-state index contributed by atoms with van der Waals surface area (Å²) in [4.78, 5) is 55.1. The van der Waals surface area contributed by atoms with Crippen LogP contribution in [-0.2, 0) is 35.2 Å². The van der Waals surface area contributed by atoms with Gasteiger partial charge in [-0.05, 0) is 34.7 Å². The monoisotopic (exact) mass is 583 g/mol. The van der Waals surface area contributed by atoms with Crippen molar-refractivity contribution in [2.75, 3.05) is 31.1 Å². The highest BCUT2D eigenvalue weighted by atomic mass is 35.5. The van der Waals surface area contributed by atoms with E-state index in [2.05, 4.69) is 5.32 Å². The molecule has 1 fully saturated rings. The molecule has 2 heterocycles. The molecule has 3 aromatic rings. The van der Waals surface area contributed by atoms with Crippen LogP contribution in [0.25, 0.3) is 11.1 Å². The van der Waals surface area contributed by atoms with Crippen molar-refractivity contribution in [3.63, 3.8) is 0 Å². The average molecular weight is 584 g/mol. The third-order valence-corrected chi connectivity index (χ3v) is 7.60. The van der Waals surface area contributed by atoms with Crippen LogP contribution in [0.4, 0.5) is 5.69 Å². The SMILES string of the molecule is CC(=O)O[C@@H](C(=O)NCc1cc(-c2ccccc2)cs1)[C@@H](OC(C)=O)C(=O)N1CCN(c2ccccc2Cl)CC1. The van der Waals surface area contributed by atoms with Crippen molar-refractivity contribution in [1.82, 2.24) is 10.2 Å². The molecule has 4 rings (SSSR count). The summed E-state index contributed by atoms with van der Waals surface area (Å²) in [6.07, 6.45) is -3.28. The number of ether oxygens (including phenoxy) is 2. The number of hydrogen-bond acceptors (Lipinski definition) is 8. The molecule has 2 atom stereocenters. The van der Waals surface area contributed by atoms with E-state index in [0.29, 0.717) is 31.2 Å². The van der Waals surface area contributed by atoms with Gasteiger partial charge in [-0.3, -0.25) is 19.2 Å². The Bertz CT molecular complexity index is 1360. The Balaban J connectivity index is 1.45. The first-order valence-corrected chi connectivity index (χ1v) is 14.0. The number of nitrogens with zero attached hydrogens (tertiary/aromatic N) is 2. The van der Waals surface area contributed by atoms with Crippen molar-refractivity contribution >= 4 is 52.4 Å². The van der Waals surface area contributed by atoms with Gasteiger partial charge < -0.3 is 24.6 Å². The summed E-state index contributed by atoms with van der Waals surface area (Å²) >= 11 is 7.79. The Kier molecular flexibility index (Phi) is 9.79. The normalized spacial score (nSPS) is 14.7. The molecule has 9 nitrogen and oxygen atoms in total. The molecule has 0 spiro atoms. The second kappa shape index (κ2) is 13.5. The Morgan fingerprint density at radius 1 is 0.875 bits per heavy atom. The van der Waals surface area contributed by atoms with Crippen molar-refractivity contribution in [3.05, 3.63) is 75.9 Å². The molecule has 1 aliphatic heterocycles. The first kappa shape index (κ1) is 29.1. The average Bonchev–Trinajstić information content (AvgIpc) is 3.43. The number of carbonyl (C=O) groups excluding carboxylic acids is 4. The summed E-state index contributed by atoms with van der Waals surface area (Å²) in [5, 5.41) is 5.31. The lowest BCUT2D eigenvalue weighted by Gasteiger charge is -2.38. The van der Waals surface area contributed by atoms with E-state index in [1.807, 2.05) is 64.9 Å². The highest BCUT2D eigenvalue weighted by molar-refractivity contribution is 7.10. The third-order valence-electron chi connectivity index (χ3n) is 6.34. The van der Waals surface area contributed by atoms with Crippen LogP contribution in [0, 0.1) is 0 Å². The van der Waals surface area contributed by atoms with E-state index < -0.39 is 36.0 Å². The zero-order valence-corrected chi connectivity index (χ0v) is 23.7. The van der Waals surface area contributed by atoms with E-state index in [1.165, 1.54) is 16.2 Å². The summed E-state index contributed by atoms with van der Waals surface area (Å²) < 4.78 is 10.5. The molecule has 210 valence electrons. The predicted molar refractivity (Wildman–Crippen MR) is 153 cm³/mol. The molecule has 11 heteroatoms. The number of hydrogen-bond donors (Lipinski definition) is 1. The zero-order valence-electron chi connectivity index (χ0n) is 22.2. The van der Waals surface area contributed by atoms with E-state index in [-0.39, 0.29) is 6.54 Å². The third kappa shape index (κ3) is 7.40. The Hall–Kier alpha value is -3.89. The van der Waals surface area contributed by atoms with Gasteiger partial charge in [0, 0.05) is 44.9 Å². The van der Waals surface area contributed by atoms with Crippen molar-refractivity contribution in [2.45, 2.75) is 32.6 Å². The van der Waals surface area contributed by atoms with Crippen LogP contribution >= 0.6 is 22.9 Å². The van der Waals surface area contributed by atoms with Gasteiger partial charge in [0.25, 0.3) is 11.8 Å². The van der Waals surface area contributed by atoms with E-state index in [0.717, 1.165) is 35.5 Å². The molecule has 1 saturated heterocycles. The Morgan fingerprint density at radius 2 is 1.50 bits per heavy atom. The van der Waals surface area contributed by atoms with Crippen LogP contribution in [0.1, 0.15) is 18.7 Å². The van der Waals surface area contributed by atoms with Crippen LogP contribution in [0.15, 0.2) is 66.0 Å². The largest absolute Gasteiger partial charge is 0.448 e. The molecule has 0 radical (unpaired) electrons. The molecular formula is C29H30ClN3O6S. The number of thiophene rings is 1. The van der Waals surface area contributed by atoms with Gasteiger partial charge in [-0.2, -0.15) is 0 Å². The quantitative estimate of drug-likeness (QED) is 0.381. The fourth-order valence-corrected chi connectivity index (χ4v) is 5.53. The molecule has 40 heavy (non-hydrogen) atoms. The first-order chi connectivity index (χ1) is 19.2. The number of anilines is 1. The number of para-hydroxylation sites is 1. The van der Waals surface area contributed by atoms with Gasteiger partial charge in [0.2, 0.25) is 12.2 Å². The lowest BCUT2D eigenvalue weighted by Crippen LogP contribution is -2.57. The number of rotatable bonds is 9. The van der Waals surface area contributed by atoms with Crippen LogP contribution in [0.3, 0.4) is 0 Å². The summed E-state index contributed by atoms with van der Waals surface area (Å²) in [6.45, 7) is 3.97. The van der Waals surface area contributed by atoms with Gasteiger partial charge >= 0.3 is 11.9 Å². The van der Waals surface area contributed by atoms with Crippen molar-refractivity contribution in [2.24, 2.45) is 0 Å². The van der Waals surface area contributed by atoms with Crippen LogP contribution in [0.2, 0.25) is 5.02 Å². The fourth-order valence-electron chi connectivity index (χ4n) is 4.44. The molecule has 0 aliphatic carbocycles. The number of carbonyl (C=O) groups is 4. The van der Waals surface area contributed by atoms with E-state index >= 15 is 0 Å². The highest BCUT2D eigenvalue weighted by Gasteiger charge is 2.42. The van der Waals surface area contributed by atoms with Crippen molar-refractivity contribution in [1.29, 1.82) is 0 Å². The number of nitrogens with one attached hydrogen (secondary N) is 1. The maximum Gasteiger partial charge on any atom is 0.303 e. The Morgan fingerprint density at radius 3 is 2.15 bits per heavy atom. The Labute approximate surface area is 241 Å². The van der Waals surface area contributed by atoms with E-state index in [9.17, 15) is 19.2 Å². The number of piperazine rings is 1. The number of esters is 2. The summed E-state index contributed by atoms with van der Waals surface area (Å²) in [5.41, 5.74) is 2.91. The number of halogens is 1. The lowest BCUT2D eigenvalue weighted by atomic mass is 10.1. The standard InChI is InChI=1S/C29H30ClN3O6S/c1-19(34)38-26(28(36)31-17-23-16-22(18-40-23)21-8-4-3-5-9-21)27(39-20(2)35)29(37)33-14-12-32(13-15-33)25-11-7-6-10-24(25)30/h3-11,16,18,26-27H,12-15,17H2,1-2H3,(H,31,36)/t26-,27-/m1/s1. The molecule has 1 aliphatic rings. The summed E-state index contributed by atoms with van der Waals surface area (Å²) in [7, 11) is 0. The molecule has 0 saturated carbocycles. The first-order valence-electron chi connectivity index (χ1n) is 12.8. The van der Waals surface area contributed by atoms with Gasteiger partial charge in [-0.15, -0.1) is 11.3 Å². The number of benzene rings is 2. The number of amides is 2. The van der Waals surface area contributed by atoms with Gasteiger partial charge in [0.05, 0.1) is 17.3 Å². The lowest BCUT2D eigenvalue weighted by molar-refractivity contribution is -0.178. The summed E-state index contributed by atoms with van der Waals surface area (Å²) in [5.74, 6) is -2.91. The zero-order chi connectivity index (χ0) is 28.6. The second-order valence-corrected chi connectivity index (χ2v) is 10.6. The van der Waals surface area contributed by atoms with Gasteiger partial charge in [0.1, 0.15) is 0 Å².